The number of ether oxygens (including phenoxy) is 1. The van der Waals surface area contributed by atoms with Gasteiger partial charge in [-0.05, 0) is 25.6 Å². The van der Waals surface area contributed by atoms with Gasteiger partial charge in [0.15, 0.2) is 18.2 Å². The number of likely N-dealkylation sites (N-methyl/N-ethyl adjacent to an activating group) is 1. The Morgan fingerprint density at radius 3 is 2.83 bits per heavy atom. The van der Waals surface area contributed by atoms with Gasteiger partial charge in [0.1, 0.15) is 0 Å². The van der Waals surface area contributed by atoms with Crippen LogP contribution in [0.3, 0.4) is 0 Å². The van der Waals surface area contributed by atoms with E-state index in [-0.39, 0.29) is 24.3 Å². The molecule has 0 saturated carbocycles. The summed E-state index contributed by atoms with van der Waals surface area (Å²) in [5, 5.41) is 5.88. The molecule has 0 aliphatic heterocycles. The smallest absolute Gasteiger partial charge is 0.257 e. The van der Waals surface area contributed by atoms with Crippen LogP contribution in [0.15, 0.2) is 24.3 Å². The Morgan fingerprint density at radius 2 is 2.17 bits per heavy atom. The van der Waals surface area contributed by atoms with Crippen LogP contribution in [0.2, 0.25) is 0 Å². The lowest BCUT2D eigenvalue weighted by Crippen LogP contribution is -2.40. The van der Waals surface area contributed by atoms with Gasteiger partial charge >= 0.3 is 0 Å². The number of nitrogens with one attached hydrogen (secondary N) is 2. The molecule has 4 nitrogen and oxygen atoms in total. The number of hydrogen-bond acceptors (Lipinski definition) is 3. The van der Waals surface area contributed by atoms with E-state index in [9.17, 15) is 9.18 Å². The number of para-hydroxylation sites is 1. The third kappa shape index (κ3) is 5.14. The molecule has 0 unspecified atom stereocenters. The molecular formula is C13H19FN2O2. The summed E-state index contributed by atoms with van der Waals surface area (Å²) < 4.78 is 18.3. The zero-order valence-electron chi connectivity index (χ0n) is 10.7. The monoisotopic (exact) mass is 254 g/mol. The molecule has 1 aromatic carbocycles. The highest BCUT2D eigenvalue weighted by molar-refractivity contribution is 5.77. The molecule has 0 fully saturated rings. The molecule has 0 bridgehead atoms. The zero-order valence-corrected chi connectivity index (χ0v) is 10.7. The van der Waals surface area contributed by atoms with Crippen LogP contribution >= 0.6 is 0 Å². The first-order chi connectivity index (χ1) is 8.63. The molecule has 0 heterocycles. The van der Waals surface area contributed by atoms with E-state index < -0.39 is 5.82 Å². The van der Waals surface area contributed by atoms with Crippen LogP contribution < -0.4 is 15.4 Å². The van der Waals surface area contributed by atoms with Crippen LogP contribution in [0.5, 0.6) is 5.75 Å². The molecule has 0 saturated heterocycles. The summed E-state index contributed by atoms with van der Waals surface area (Å²) in [5.41, 5.74) is 0. The lowest BCUT2D eigenvalue weighted by Gasteiger charge is -2.13. The Labute approximate surface area is 107 Å². The standard InChI is InChI=1S/C13H19FN2O2/c1-3-15-10(2)8-16-13(17)9-18-12-7-5-4-6-11(12)14/h4-7,10,15H,3,8-9H2,1-2H3,(H,16,17)/t10-/m1/s1. The second-order valence-electron chi connectivity index (χ2n) is 3.98. The van der Waals surface area contributed by atoms with Crippen molar-refractivity contribution in [2.75, 3.05) is 19.7 Å². The maximum Gasteiger partial charge on any atom is 0.257 e. The Balaban J connectivity index is 2.27. The van der Waals surface area contributed by atoms with Gasteiger partial charge in [0, 0.05) is 12.6 Å². The van der Waals surface area contributed by atoms with Crippen LogP contribution in [0.1, 0.15) is 13.8 Å². The lowest BCUT2D eigenvalue weighted by atomic mass is 10.3. The van der Waals surface area contributed by atoms with E-state index in [1.807, 2.05) is 13.8 Å². The van der Waals surface area contributed by atoms with E-state index in [0.29, 0.717) is 6.54 Å². The predicted octanol–water partition coefficient (Wildman–Crippen LogP) is 1.32. The minimum absolute atomic E-state index is 0.0902. The predicted molar refractivity (Wildman–Crippen MR) is 68.0 cm³/mol. The molecule has 0 spiro atoms. The van der Waals surface area contributed by atoms with Gasteiger partial charge in [-0.2, -0.15) is 0 Å². The average Bonchev–Trinajstić information content (AvgIpc) is 2.36. The number of carbonyl (C=O) groups excluding carboxylic acids is 1. The highest BCUT2D eigenvalue weighted by atomic mass is 19.1. The van der Waals surface area contributed by atoms with Crippen LogP contribution in [0.4, 0.5) is 4.39 Å². The van der Waals surface area contributed by atoms with Gasteiger partial charge in [-0.15, -0.1) is 0 Å². The molecular weight excluding hydrogens is 235 g/mol. The van der Waals surface area contributed by atoms with E-state index in [4.69, 9.17) is 4.74 Å². The first-order valence-electron chi connectivity index (χ1n) is 6.01. The molecule has 0 aromatic heterocycles. The SMILES string of the molecule is CCN[C@H](C)CNC(=O)COc1ccccc1F. The van der Waals surface area contributed by atoms with Gasteiger partial charge in [0.2, 0.25) is 0 Å². The molecule has 0 aliphatic rings. The average molecular weight is 254 g/mol. The van der Waals surface area contributed by atoms with Crippen molar-refractivity contribution < 1.29 is 13.9 Å². The van der Waals surface area contributed by atoms with Crippen molar-refractivity contribution in [2.45, 2.75) is 19.9 Å². The maximum atomic E-state index is 13.2. The Kier molecular flexibility index (Phi) is 6.14. The van der Waals surface area contributed by atoms with Gasteiger partial charge < -0.3 is 15.4 Å². The summed E-state index contributed by atoms with van der Waals surface area (Å²) in [6, 6.07) is 6.21. The molecule has 1 amide bonds. The van der Waals surface area contributed by atoms with Crippen LogP contribution in [0.25, 0.3) is 0 Å². The fraction of sp³-hybridized carbons (Fsp3) is 0.462. The second kappa shape index (κ2) is 7.66. The summed E-state index contributed by atoms with van der Waals surface area (Å²) in [7, 11) is 0. The van der Waals surface area contributed by atoms with E-state index >= 15 is 0 Å². The summed E-state index contributed by atoms with van der Waals surface area (Å²) in [6.45, 7) is 5.16. The van der Waals surface area contributed by atoms with Gasteiger partial charge in [0.25, 0.3) is 5.91 Å². The van der Waals surface area contributed by atoms with Crippen LogP contribution in [-0.4, -0.2) is 31.6 Å². The van der Waals surface area contributed by atoms with Gasteiger partial charge in [-0.25, -0.2) is 4.39 Å². The fourth-order valence-electron chi connectivity index (χ4n) is 1.44. The van der Waals surface area contributed by atoms with Gasteiger partial charge in [-0.3, -0.25) is 4.79 Å². The van der Waals surface area contributed by atoms with E-state index in [2.05, 4.69) is 10.6 Å². The molecule has 100 valence electrons. The van der Waals surface area contributed by atoms with Gasteiger partial charge in [0.05, 0.1) is 0 Å². The number of amides is 1. The number of halogens is 1. The maximum absolute atomic E-state index is 13.2. The summed E-state index contributed by atoms with van der Waals surface area (Å²) in [4.78, 5) is 11.5. The van der Waals surface area contributed by atoms with Crippen LogP contribution in [-0.2, 0) is 4.79 Å². The summed E-state index contributed by atoms with van der Waals surface area (Å²) in [6.07, 6.45) is 0. The third-order valence-corrected chi connectivity index (χ3v) is 2.35. The van der Waals surface area contributed by atoms with E-state index in [0.717, 1.165) is 6.54 Å². The highest BCUT2D eigenvalue weighted by Crippen LogP contribution is 2.14. The zero-order chi connectivity index (χ0) is 13.4. The number of rotatable bonds is 7. The topological polar surface area (TPSA) is 50.4 Å². The van der Waals surface area contributed by atoms with Crippen molar-refractivity contribution in [3.8, 4) is 5.75 Å². The molecule has 0 aliphatic carbocycles. The Hall–Kier alpha value is -1.62. The number of carbonyl (C=O) groups is 1. The van der Waals surface area contributed by atoms with Gasteiger partial charge in [-0.1, -0.05) is 19.1 Å². The minimum atomic E-state index is -0.466. The van der Waals surface area contributed by atoms with Crippen molar-refractivity contribution in [2.24, 2.45) is 0 Å². The molecule has 1 atom stereocenters. The van der Waals surface area contributed by atoms with Crippen LogP contribution in [0, 0.1) is 5.82 Å². The molecule has 1 aromatic rings. The first kappa shape index (κ1) is 14.4. The Morgan fingerprint density at radius 1 is 1.44 bits per heavy atom. The quantitative estimate of drug-likeness (QED) is 0.771. The molecule has 2 N–H and O–H groups in total. The van der Waals surface area contributed by atoms with Crippen molar-refractivity contribution >= 4 is 5.91 Å². The normalized spacial score (nSPS) is 11.9. The molecule has 1 rings (SSSR count). The number of benzene rings is 1. The van der Waals surface area contributed by atoms with Crippen molar-refractivity contribution in [1.29, 1.82) is 0 Å². The highest BCUT2D eigenvalue weighted by Gasteiger charge is 2.07. The van der Waals surface area contributed by atoms with E-state index in [1.165, 1.54) is 12.1 Å². The second-order valence-corrected chi connectivity index (χ2v) is 3.98. The summed E-state index contributed by atoms with van der Waals surface area (Å²) in [5.74, 6) is -0.637. The molecule has 0 radical (unpaired) electrons. The minimum Gasteiger partial charge on any atom is -0.481 e. The van der Waals surface area contributed by atoms with Crippen molar-refractivity contribution in [3.63, 3.8) is 0 Å². The van der Waals surface area contributed by atoms with E-state index in [1.54, 1.807) is 12.1 Å². The first-order valence-corrected chi connectivity index (χ1v) is 6.01. The number of hydrogen-bond donors (Lipinski definition) is 2. The largest absolute Gasteiger partial charge is 0.481 e. The lowest BCUT2D eigenvalue weighted by molar-refractivity contribution is -0.123. The van der Waals surface area contributed by atoms with Crippen molar-refractivity contribution in [3.05, 3.63) is 30.1 Å². The Bertz CT molecular complexity index is 385. The van der Waals surface area contributed by atoms with Crippen molar-refractivity contribution in [1.82, 2.24) is 10.6 Å². The third-order valence-electron chi connectivity index (χ3n) is 2.35. The molecule has 18 heavy (non-hydrogen) atoms. The summed E-state index contributed by atoms with van der Waals surface area (Å²) >= 11 is 0. The molecule has 5 heteroatoms. The fourth-order valence-corrected chi connectivity index (χ4v) is 1.44.